The van der Waals surface area contributed by atoms with E-state index in [1.165, 1.54) is 11.8 Å². The van der Waals surface area contributed by atoms with Gasteiger partial charge in [0.1, 0.15) is 16.2 Å². The zero-order valence-electron chi connectivity index (χ0n) is 12.5. The van der Waals surface area contributed by atoms with Gasteiger partial charge in [-0.15, -0.1) is 11.3 Å². The molecule has 1 N–H and O–H groups in total. The molecule has 0 unspecified atom stereocenters. The number of rotatable bonds is 3. The highest BCUT2D eigenvalue weighted by Gasteiger charge is 2.13. The average molecular weight is 343 g/mol. The van der Waals surface area contributed by atoms with Gasteiger partial charge in [-0.25, -0.2) is 9.97 Å². The quantitative estimate of drug-likeness (QED) is 0.569. The van der Waals surface area contributed by atoms with Crippen LogP contribution in [0, 0.1) is 13.8 Å². The number of nitrogens with zero attached hydrogens (tertiary/aromatic N) is 2. The molecular weight excluding hydrogens is 330 g/mol. The fourth-order valence-electron chi connectivity index (χ4n) is 2.41. The molecule has 0 radical (unpaired) electrons. The highest BCUT2D eigenvalue weighted by molar-refractivity contribution is 7.98. The van der Waals surface area contributed by atoms with E-state index in [-0.39, 0.29) is 5.56 Å². The van der Waals surface area contributed by atoms with Crippen LogP contribution in [0.2, 0.25) is 0 Å². The van der Waals surface area contributed by atoms with Crippen LogP contribution in [0.3, 0.4) is 0 Å². The minimum absolute atomic E-state index is 0.0787. The topological polar surface area (TPSA) is 71.8 Å². The number of aromatic nitrogens is 3. The van der Waals surface area contributed by atoms with E-state index in [0.29, 0.717) is 22.2 Å². The third kappa shape index (κ3) is 2.55. The number of benzene rings is 1. The summed E-state index contributed by atoms with van der Waals surface area (Å²) in [6, 6.07) is 7.63. The molecule has 0 bridgehead atoms. The third-order valence-electron chi connectivity index (χ3n) is 3.69. The summed E-state index contributed by atoms with van der Waals surface area (Å²) in [4.78, 5) is 26.0. The number of para-hydroxylation sites is 2. The third-order valence-corrected chi connectivity index (χ3v) is 5.64. The van der Waals surface area contributed by atoms with Crippen LogP contribution in [0.5, 0.6) is 0 Å². The summed E-state index contributed by atoms with van der Waals surface area (Å²) in [6.45, 7) is 3.96. The lowest BCUT2D eigenvalue weighted by molar-refractivity contribution is 0.489. The normalized spacial score (nSPS) is 11.6. The molecule has 0 saturated carbocycles. The largest absolute Gasteiger partial charge is 0.431 e. The van der Waals surface area contributed by atoms with Crippen molar-refractivity contribution in [3.8, 4) is 0 Å². The van der Waals surface area contributed by atoms with Crippen LogP contribution >= 0.6 is 23.1 Å². The summed E-state index contributed by atoms with van der Waals surface area (Å²) in [5.74, 6) is 1.14. The van der Waals surface area contributed by atoms with E-state index in [9.17, 15) is 4.79 Å². The Morgan fingerprint density at radius 1 is 1.26 bits per heavy atom. The van der Waals surface area contributed by atoms with Crippen molar-refractivity contribution < 1.29 is 4.42 Å². The van der Waals surface area contributed by atoms with E-state index in [1.807, 2.05) is 38.1 Å². The Morgan fingerprint density at radius 2 is 2.09 bits per heavy atom. The Kier molecular flexibility index (Phi) is 3.46. The van der Waals surface area contributed by atoms with Crippen molar-refractivity contribution >= 4 is 44.4 Å². The fraction of sp³-hybridized carbons (Fsp3) is 0.188. The van der Waals surface area contributed by atoms with Crippen LogP contribution in [-0.4, -0.2) is 15.0 Å². The number of aromatic amines is 1. The standard InChI is InChI=1S/C16H13N3O2S2/c1-8-9(2)23-15-13(8)14(20)18-12(19-15)7-22-16-17-10-5-3-4-6-11(10)21-16/h3-6H,7H2,1-2H3,(H,18,19,20). The Labute approximate surface area is 139 Å². The predicted molar refractivity (Wildman–Crippen MR) is 93.3 cm³/mol. The number of hydrogen-bond donors (Lipinski definition) is 1. The van der Waals surface area contributed by atoms with Gasteiger partial charge in [0.2, 0.25) is 0 Å². The fourth-order valence-corrected chi connectivity index (χ4v) is 4.17. The van der Waals surface area contributed by atoms with Gasteiger partial charge in [-0.1, -0.05) is 23.9 Å². The van der Waals surface area contributed by atoms with Crippen molar-refractivity contribution in [3.05, 3.63) is 50.9 Å². The van der Waals surface area contributed by atoms with E-state index in [1.54, 1.807) is 11.3 Å². The van der Waals surface area contributed by atoms with Crippen LogP contribution in [0.25, 0.3) is 21.3 Å². The maximum absolute atomic E-state index is 12.2. The summed E-state index contributed by atoms with van der Waals surface area (Å²) in [5, 5.41) is 1.27. The van der Waals surface area contributed by atoms with Gasteiger partial charge in [-0.2, -0.15) is 0 Å². The number of H-pyrrole nitrogens is 1. The first-order valence-corrected chi connectivity index (χ1v) is 8.89. The maximum atomic E-state index is 12.2. The monoisotopic (exact) mass is 343 g/mol. The molecule has 0 aliphatic carbocycles. The Balaban J connectivity index is 1.63. The second-order valence-electron chi connectivity index (χ2n) is 5.21. The summed E-state index contributed by atoms with van der Waals surface area (Å²) in [5.41, 5.74) is 2.52. The van der Waals surface area contributed by atoms with Crippen LogP contribution in [0.1, 0.15) is 16.3 Å². The first kappa shape index (κ1) is 14.5. The van der Waals surface area contributed by atoms with Crippen LogP contribution in [-0.2, 0) is 5.75 Å². The van der Waals surface area contributed by atoms with Crippen molar-refractivity contribution in [1.82, 2.24) is 15.0 Å². The van der Waals surface area contributed by atoms with Crippen LogP contribution < -0.4 is 5.56 Å². The lowest BCUT2D eigenvalue weighted by Crippen LogP contribution is -2.10. The molecule has 23 heavy (non-hydrogen) atoms. The molecule has 0 atom stereocenters. The number of thioether (sulfide) groups is 1. The van der Waals surface area contributed by atoms with Gasteiger partial charge < -0.3 is 9.40 Å². The van der Waals surface area contributed by atoms with Crippen molar-refractivity contribution in [2.45, 2.75) is 24.8 Å². The summed E-state index contributed by atoms with van der Waals surface area (Å²) in [6.07, 6.45) is 0. The summed E-state index contributed by atoms with van der Waals surface area (Å²) < 4.78 is 5.67. The minimum Gasteiger partial charge on any atom is -0.431 e. The number of oxazole rings is 1. The van der Waals surface area contributed by atoms with Gasteiger partial charge in [0.15, 0.2) is 5.58 Å². The molecule has 0 aliphatic heterocycles. The molecule has 116 valence electrons. The van der Waals surface area contributed by atoms with Crippen LogP contribution in [0.4, 0.5) is 0 Å². The molecule has 0 saturated heterocycles. The van der Waals surface area contributed by atoms with E-state index < -0.39 is 0 Å². The zero-order chi connectivity index (χ0) is 16.0. The smallest absolute Gasteiger partial charge is 0.259 e. The molecule has 1 aromatic carbocycles. The van der Waals surface area contributed by atoms with Gasteiger partial charge >= 0.3 is 0 Å². The average Bonchev–Trinajstić information content (AvgIpc) is 3.06. The number of thiophene rings is 1. The van der Waals surface area contributed by atoms with Crippen LogP contribution in [0.15, 0.2) is 38.7 Å². The minimum atomic E-state index is -0.0787. The van der Waals surface area contributed by atoms with E-state index in [2.05, 4.69) is 15.0 Å². The molecule has 3 heterocycles. The first-order valence-electron chi connectivity index (χ1n) is 7.09. The second-order valence-corrected chi connectivity index (χ2v) is 7.34. The van der Waals surface area contributed by atoms with Gasteiger partial charge in [-0.05, 0) is 31.5 Å². The molecule has 4 aromatic rings. The SMILES string of the molecule is Cc1sc2nc(CSc3nc4ccccc4o3)[nH]c(=O)c2c1C. The van der Waals surface area contributed by atoms with E-state index >= 15 is 0 Å². The summed E-state index contributed by atoms with van der Waals surface area (Å²) in [7, 11) is 0. The van der Waals surface area contributed by atoms with Crippen molar-refractivity contribution in [2.24, 2.45) is 0 Å². The van der Waals surface area contributed by atoms with Crippen molar-refractivity contribution in [1.29, 1.82) is 0 Å². The number of hydrogen-bond acceptors (Lipinski definition) is 6. The van der Waals surface area contributed by atoms with Gasteiger partial charge in [0.25, 0.3) is 10.8 Å². The Bertz CT molecular complexity index is 1050. The molecule has 0 aliphatic rings. The molecule has 5 nitrogen and oxygen atoms in total. The molecule has 7 heteroatoms. The number of aryl methyl sites for hydroxylation is 2. The highest BCUT2D eigenvalue weighted by atomic mass is 32.2. The van der Waals surface area contributed by atoms with Gasteiger partial charge in [-0.3, -0.25) is 4.79 Å². The van der Waals surface area contributed by atoms with Crippen molar-refractivity contribution in [3.63, 3.8) is 0 Å². The lowest BCUT2D eigenvalue weighted by atomic mass is 10.2. The second kappa shape index (κ2) is 5.50. The lowest BCUT2D eigenvalue weighted by Gasteiger charge is -1.98. The zero-order valence-corrected chi connectivity index (χ0v) is 14.2. The molecule has 3 aromatic heterocycles. The molecule has 0 amide bonds. The van der Waals surface area contributed by atoms with Gasteiger partial charge in [0, 0.05) is 4.88 Å². The first-order chi connectivity index (χ1) is 11.1. The van der Waals surface area contributed by atoms with E-state index in [4.69, 9.17) is 4.42 Å². The maximum Gasteiger partial charge on any atom is 0.259 e. The summed E-state index contributed by atoms with van der Waals surface area (Å²) >= 11 is 2.97. The molecule has 0 fully saturated rings. The number of fused-ring (bicyclic) bond motifs is 2. The molecule has 0 spiro atoms. The van der Waals surface area contributed by atoms with E-state index in [0.717, 1.165) is 26.4 Å². The Morgan fingerprint density at radius 3 is 2.91 bits per heavy atom. The number of nitrogens with one attached hydrogen (secondary N) is 1. The highest BCUT2D eigenvalue weighted by Crippen LogP contribution is 2.28. The predicted octanol–water partition coefficient (Wildman–Crippen LogP) is 4.03. The van der Waals surface area contributed by atoms with Gasteiger partial charge in [0.05, 0.1) is 11.1 Å². The molecular formula is C16H13N3O2S2. The van der Waals surface area contributed by atoms with Crippen molar-refractivity contribution in [2.75, 3.05) is 0 Å². The molecule has 4 rings (SSSR count). The Hall–Kier alpha value is -2.12.